The standard InChI is InChI=1S/C11H24O2/c1-10(2,3)13-9-7-8-11(4,5)12-6/h7-9H2,1-6H3. The van der Waals surface area contributed by atoms with Crippen LogP contribution in [-0.4, -0.2) is 24.9 Å². The SMILES string of the molecule is COC(C)(C)CCCOC(C)(C)C. The van der Waals surface area contributed by atoms with Crippen LogP contribution in [0.15, 0.2) is 0 Å². The average molecular weight is 188 g/mol. The van der Waals surface area contributed by atoms with Gasteiger partial charge in [-0.2, -0.15) is 0 Å². The van der Waals surface area contributed by atoms with E-state index in [0.717, 1.165) is 19.4 Å². The van der Waals surface area contributed by atoms with E-state index in [9.17, 15) is 0 Å². The molecule has 0 N–H and O–H groups in total. The zero-order valence-corrected chi connectivity index (χ0v) is 9.94. The third-order valence-corrected chi connectivity index (χ3v) is 2.01. The summed E-state index contributed by atoms with van der Waals surface area (Å²) in [6, 6.07) is 0. The lowest BCUT2D eigenvalue weighted by Crippen LogP contribution is -2.24. The molecule has 0 aliphatic carbocycles. The van der Waals surface area contributed by atoms with E-state index in [-0.39, 0.29) is 11.2 Å². The van der Waals surface area contributed by atoms with E-state index in [1.165, 1.54) is 0 Å². The predicted octanol–water partition coefficient (Wildman–Crippen LogP) is 3.01. The Labute approximate surface area is 82.6 Å². The molecule has 2 heteroatoms. The van der Waals surface area contributed by atoms with Crippen LogP contribution in [0.5, 0.6) is 0 Å². The maximum absolute atomic E-state index is 5.61. The van der Waals surface area contributed by atoms with Crippen LogP contribution in [0.1, 0.15) is 47.5 Å². The van der Waals surface area contributed by atoms with Gasteiger partial charge in [0.25, 0.3) is 0 Å². The van der Waals surface area contributed by atoms with E-state index < -0.39 is 0 Å². The summed E-state index contributed by atoms with van der Waals surface area (Å²) in [5.41, 5.74) is -0.0293. The van der Waals surface area contributed by atoms with Gasteiger partial charge >= 0.3 is 0 Å². The highest BCUT2D eigenvalue weighted by Gasteiger charge is 2.16. The van der Waals surface area contributed by atoms with Crippen molar-refractivity contribution in [1.29, 1.82) is 0 Å². The Kier molecular flexibility index (Phi) is 4.93. The van der Waals surface area contributed by atoms with Gasteiger partial charge < -0.3 is 9.47 Å². The molecule has 0 bridgehead atoms. The third-order valence-electron chi connectivity index (χ3n) is 2.01. The summed E-state index contributed by atoms with van der Waals surface area (Å²) in [7, 11) is 1.75. The molecule has 0 rings (SSSR count). The Morgan fingerprint density at radius 2 is 1.54 bits per heavy atom. The Morgan fingerprint density at radius 1 is 1.00 bits per heavy atom. The molecule has 0 aromatic heterocycles. The van der Waals surface area contributed by atoms with Crippen molar-refractivity contribution in [2.45, 2.75) is 58.7 Å². The Hall–Kier alpha value is -0.0800. The quantitative estimate of drug-likeness (QED) is 0.617. The lowest BCUT2D eigenvalue weighted by atomic mass is 10.0. The lowest BCUT2D eigenvalue weighted by molar-refractivity contribution is -0.0254. The van der Waals surface area contributed by atoms with E-state index >= 15 is 0 Å². The van der Waals surface area contributed by atoms with Gasteiger partial charge in [-0.15, -0.1) is 0 Å². The van der Waals surface area contributed by atoms with Gasteiger partial charge in [0.05, 0.1) is 11.2 Å². The fourth-order valence-electron chi connectivity index (χ4n) is 0.978. The molecule has 0 unspecified atom stereocenters. The minimum absolute atomic E-state index is 0.0127. The molecule has 0 saturated carbocycles. The van der Waals surface area contributed by atoms with E-state index in [2.05, 4.69) is 34.6 Å². The van der Waals surface area contributed by atoms with Crippen molar-refractivity contribution in [2.75, 3.05) is 13.7 Å². The summed E-state index contributed by atoms with van der Waals surface area (Å²) in [6.07, 6.45) is 2.09. The van der Waals surface area contributed by atoms with E-state index in [1.54, 1.807) is 7.11 Å². The van der Waals surface area contributed by atoms with Crippen molar-refractivity contribution in [2.24, 2.45) is 0 Å². The van der Waals surface area contributed by atoms with Gasteiger partial charge in [-0.1, -0.05) is 0 Å². The summed E-state index contributed by atoms with van der Waals surface area (Å²) in [5, 5.41) is 0. The Balaban J connectivity index is 3.47. The van der Waals surface area contributed by atoms with Crippen LogP contribution in [0.2, 0.25) is 0 Å². The number of hydrogen-bond acceptors (Lipinski definition) is 2. The van der Waals surface area contributed by atoms with Gasteiger partial charge in [-0.3, -0.25) is 0 Å². The smallest absolute Gasteiger partial charge is 0.0623 e. The molecule has 13 heavy (non-hydrogen) atoms. The monoisotopic (exact) mass is 188 g/mol. The second-order valence-corrected chi connectivity index (χ2v) is 5.03. The normalized spacial score (nSPS) is 13.4. The summed E-state index contributed by atoms with van der Waals surface area (Å²) < 4.78 is 10.9. The number of ether oxygens (including phenoxy) is 2. The van der Waals surface area contributed by atoms with Crippen LogP contribution in [0, 0.1) is 0 Å². The Morgan fingerprint density at radius 3 is 1.92 bits per heavy atom. The molecule has 0 spiro atoms. The van der Waals surface area contributed by atoms with Crippen LogP contribution in [0.3, 0.4) is 0 Å². The molecule has 0 aromatic rings. The highest BCUT2D eigenvalue weighted by atomic mass is 16.5. The Bertz CT molecular complexity index is 134. The third kappa shape index (κ3) is 8.26. The fourth-order valence-corrected chi connectivity index (χ4v) is 0.978. The molecule has 0 heterocycles. The predicted molar refractivity (Wildman–Crippen MR) is 56.0 cm³/mol. The minimum atomic E-state index is -0.0167. The molecular weight excluding hydrogens is 164 g/mol. The zero-order valence-electron chi connectivity index (χ0n) is 9.94. The van der Waals surface area contributed by atoms with Crippen LogP contribution < -0.4 is 0 Å². The second kappa shape index (κ2) is 4.97. The first-order valence-electron chi connectivity index (χ1n) is 4.96. The highest BCUT2D eigenvalue weighted by Crippen LogP contribution is 2.16. The van der Waals surface area contributed by atoms with Gasteiger partial charge in [0.15, 0.2) is 0 Å². The van der Waals surface area contributed by atoms with Crippen LogP contribution in [0.25, 0.3) is 0 Å². The molecule has 0 aliphatic rings. The number of hydrogen-bond donors (Lipinski definition) is 0. The molecule has 0 amide bonds. The lowest BCUT2D eigenvalue weighted by Gasteiger charge is -2.24. The van der Waals surface area contributed by atoms with E-state index in [4.69, 9.17) is 9.47 Å². The summed E-state index contributed by atoms with van der Waals surface area (Å²) in [5.74, 6) is 0. The molecule has 0 aliphatic heterocycles. The van der Waals surface area contributed by atoms with Gasteiger partial charge in [-0.05, 0) is 47.5 Å². The first-order valence-corrected chi connectivity index (χ1v) is 4.96. The molecule has 80 valence electrons. The minimum Gasteiger partial charge on any atom is -0.379 e. The first kappa shape index (κ1) is 12.9. The summed E-state index contributed by atoms with van der Waals surface area (Å²) >= 11 is 0. The fraction of sp³-hybridized carbons (Fsp3) is 1.00. The van der Waals surface area contributed by atoms with Crippen molar-refractivity contribution in [3.63, 3.8) is 0 Å². The average Bonchev–Trinajstić information content (AvgIpc) is 1.97. The highest BCUT2D eigenvalue weighted by molar-refractivity contribution is 4.67. The maximum atomic E-state index is 5.61. The van der Waals surface area contributed by atoms with Crippen molar-refractivity contribution < 1.29 is 9.47 Å². The largest absolute Gasteiger partial charge is 0.379 e. The molecule has 2 nitrogen and oxygen atoms in total. The van der Waals surface area contributed by atoms with Gasteiger partial charge in [0.2, 0.25) is 0 Å². The molecule has 0 fully saturated rings. The molecule has 0 aromatic carbocycles. The van der Waals surface area contributed by atoms with Gasteiger partial charge in [-0.25, -0.2) is 0 Å². The van der Waals surface area contributed by atoms with E-state index in [0.29, 0.717) is 0 Å². The van der Waals surface area contributed by atoms with Crippen molar-refractivity contribution >= 4 is 0 Å². The topological polar surface area (TPSA) is 18.5 Å². The van der Waals surface area contributed by atoms with Crippen molar-refractivity contribution in [1.82, 2.24) is 0 Å². The molecular formula is C11H24O2. The van der Waals surface area contributed by atoms with Gasteiger partial charge in [0.1, 0.15) is 0 Å². The molecule has 0 saturated heterocycles. The van der Waals surface area contributed by atoms with E-state index in [1.807, 2.05) is 0 Å². The van der Waals surface area contributed by atoms with Crippen LogP contribution in [-0.2, 0) is 9.47 Å². The van der Waals surface area contributed by atoms with Crippen molar-refractivity contribution in [3.05, 3.63) is 0 Å². The van der Waals surface area contributed by atoms with Crippen LogP contribution in [0.4, 0.5) is 0 Å². The van der Waals surface area contributed by atoms with Gasteiger partial charge in [0, 0.05) is 13.7 Å². The summed E-state index contributed by atoms with van der Waals surface area (Å²) in [6.45, 7) is 11.3. The second-order valence-electron chi connectivity index (χ2n) is 5.03. The van der Waals surface area contributed by atoms with Crippen LogP contribution >= 0.6 is 0 Å². The number of methoxy groups -OCH3 is 1. The first-order chi connectivity index (χ1) is 5.77. The molecule has 0 radical (unpaired) electrons. The zero-order chi connectivity index (χ0) is 10.5. The molecule has 0 atom stereocenters. The van der Waals surface area contributed by atoms with Crippen molar-refractivity contribution in [3.8, 4) is 0 Å². The number of rotatable bonds is 5. The summed E-state index contributed by atoms with van der Waals surface area (Å²) in [4.78, 5) is 0. The maximum Gasteiger partial charge on any atom is 0.0623 e.